The molecular formula is C14H18Cl2N2O2. The van der Waals surface area contributed by atoms with Crippen LogP contribution in [0, 0.1) is 0 Å². The minimum Gasteiger partial charge on any atom is -0.480 e. The summed E-state index contributed by atoms with van der Waals surface area (Å²) in [7, 11) is 0. The van der Waals surface area contributed by atoms with Gasteiger partial charge in [0.05, 0.1) is 6.54 Å². The Morgan fingerprint density at radius 3 is 2.55 bits per heavy atom. The number of hydrogen-bond donors (Lipinski definition) is 1. The molecule has 6 heteroatoms. The van der Waals surface area contributed by atoms with Crippen molar-refractivity contribution < 1.29 is 9.90 Å². The van der Waals surface area contributed by atoms with E-state index in [1.54, 1.807) is 6.07 Å². The summed E-state index contributed by atoms with van der Waals surface area (Å²) in [4.78, 5) is 15.0. The van der Waals surface area contributed by atoms with Crippen molar-refractivity contribution >= 4 is 29.2 Å². The van der Waals surface area contributed by atoms with Crippen molar-refractivity contribution in [3.8, 4) is 0 Å². The van der Waals surface area contributed by atoms with Gasteiger partial charge in [-0.2, -0.15) is 0 Å². The van der Waals surface area contributed by atoms with E-state index in [0.29, 0.717) is 5.02 Å². The normalized spacial score (nSPS) is 18.9. The van der Waals surface area contributed by atoms with E-state index < -0.39 is 5.97 Å². The number of piperazine rings is 1. The minimum atomic E-state index is -0.774. The molecule has 0 saturated carbocycles. The number of carboxylic acids is 1. The molecule has 4 nitrogen and oxygen atoms in total. The van der Waals surface area contributed by atoms with Crippen molar-refractivity contribution in [1.82, 2.24) is 9.80 Å². The lowest BCUT2D eigenvalue weighted by atomic mass is 10.1. The van der Waals surface area contributed by atoms with Crippen molar-refractivity contribution in [2.45, 2.75) is 13.0 Å². The number of aliphatic carboxylic acids is 1. The molecule has 1 aromatic rings. The standard InChI is InChI=1S/C14H18Cl2N2O2/c1-10(12-8-11(15)2-3-13(12)16)18-6-4-17(5-7-18)9-14(19)20/h2-3,8,10H,4-7,9H2,1H3,(H,19,20). The fourth-order valence-corrected chi connectivity index (χ4v) is 2.99. The second kappa shape index (κ2) is 6.76. The number of carbonyl (C=O) groups is 1. The number of benzene rings is 1. The average Bonchev–Trinajstić information content (AvgIpc) is 2.41. The van der Waals surface area contributed by atoms with Crippen LogP contribution in [-0.2, 0) is 4.79 Å². The van der Waals surface area contributed by atoms with Crippen LogP contribution < -0.4 is 0 Å². The van der Waals surface area contributed by atoms with Gasteiger partial charge in [0.25, 0.3) is 0 Å². The number of rotatable bonds is 4. The molecule has 1 N–H and O–H groups in total. The molecular weight excluding hydrogens is 299 g/mol. The quantitative estimate of drug-likeness (QED) is 0.927. The van der Waals surface area contributed by atoms with Crippen LogP contribution >= 0.6 is 23.2 Å². The second-order valence-electron chi connectivity index (χ2n) is 5.05. The summed E-state index contributed by atoms with van der Waals surface area (Å²) >= 11 is 12.3. The zero-order valence-corrected chi connectivity index (χ0v) is 12.9. The van der Waals surface area contributed by atoms with Gasteiger partial charge >= 0.3 is 5.97 Å². The Balaban J connectivity index is 1.99. The maximum atomic E-state index is 10.7. The third-order valence-electron chi connectivity index (χ3n) is 3.72. The topological polar surface area (TPSA) is 43.8 Å². The Morgan fingerprint density at radius 2 is 1.95 bits per heavy atom. The molecule has 1 heterocycles. The highest BCUT2D eigenvalue weighted by atomic mass is 35.5. The highest BCUT2D eigenvalue weighted by molar-refractivity contribution is 6.33. The first-order valence-electron chi connectivity index (χ1n) is 6.60. The maximum absolute atomic E-state index is 10.7. The van der Waals surface area contributed by atoms with E-state index in [4.69, 9.17) is 28.3 Å². The Morgan fingerprint density at radius 1 is 1.30 bits per heavy atom. The van der Waals surface area contributed by atoms with Gasteiger partial charge in [0.15, 0.2) is 0 Å². The summed E-state index contributed by atoms with van der Waals surface area (Å²) in [6.45, 7) is 5.39. The van der Waals surface area contributed by atoms with E-state index in [9.17, 15) is 4.79 Å². The van der Waals surface area contributed by atoms with Crippen LogP contribution in [0.15, 0.2) is 18.2 Å². The Labute approximate surface area is 128 Å². The molecule has 1 fully saturated rings. The first kappa shape index (κ1) is 15.6. The molecule has 1 atom stereocenters. The van der Waals surface area contributed by atoms with Gasteiger partial charge in [-0.15, -0.1) is 0 Å². The van der Waals surface area contributed by atoms with Gasteiger partial charge in [0.1, 0.15) is 0 Å². The minimum absolute atomic E-state index is 0.111. The van der Waals surface area contributed by atoms with E-state index in [2.05, 4.69) is 11.8 Å². The molecule has 0 amide bonds. The molecule has 0 aliphatic carbocycles. The highest BCUT2D eigenvalue weighted by Crippen LogP contribution is 2.30. The fourth-order valence-electron chi connectivity index (χ4n) is 2.53. The lowest BCUT2D eigenvalue weighted by molar-refractivity contribution is -0.138. The van der Waals surface area contributed by atoms with Gasteiger partial charge in [-0.3, -0.25) is 14.6 Å². The monoisotopic (exact) mass is 316 g/mol. The third-order valence-corrected chi connectivity index (χ3v) is 4.30. The molecule has 0 spiro atoms. The number of carboxylic acid groups (broad SMARTS) is 1. The van der Waals surface area contributed by atoms with E-state index in [1.165, 1.54) is 0 Å². The molecule has 0 radical (unpaired) electrons. The molecule has 1 saturated heterocycles. The summed E-state index contributed by atoms with van der Waals surface area (Å²) in [5, 5.41) is 10.2. The predicted molar refractivity (Wildman–Crippen MR) is 80.5 cm³/mol. The van der Waals surface area contributed by atoms with Crippen LogP contribution in [0.4, 0.5) is 0 Å². The molecule has 110 valence electrons. The van der Waals surface area contributed by atoms with Gasteiger partial charge in [-0.1, -0.05) is 23.2 Å². The number of hydrogen-bond acceptors (Lipinski definition) is 3. The lowest BCUT2D eigenvalue weighted by Crippen LogP contribution is -2.48. The number of nitrogens with zero attached hydrogens (tertiary/aromatic N) is 2. The molecule has 1 aliphatic rings. The molecule has 1 unspecified atom stereocenters. The maximum Gasteiger partial charge on any atom is 0.317 e. The predicted octanol–water partition coefficient (Wildman–Crippen LogP) is 2.76. The zero-order chi connectivity index (χ0) is 14.7. The zero-order valence-electron chi connectivity index (χ0n) is 11.4. The number of halogens is 2. The SMILES string of the molecule is CC(c1cc(Cl)ccc1Cl)N1CCN(CC(=O)O)CC1. The van der Waals surface area contributed by atoms with E-state index in [-0.39, 0.29) is 12.6 Å². The summed E-state index contributed by atoms with van der Waals surface area (Å²) in [6.07, 6.45) is 0. The second-order valence-corrected chi connectivity index (χ2v) is 5.89. The summed E-state index contributed by atoms with van der Waals surface area (Å²) in [5.74, 6) is -0.774. The van der Waals surface area contributed by atoms with Gasteiger partial charge < -0.3 is 5.11 Å². The van der Waals surface area contributed by atoms with E-state index in [0.717, 1.165) is 36.8 Å². The Hall–Kier alpha value is -0.810. The summed E-state index contributed by atoms with van der Waals surface area (Å²) < 4.78 is 0. The fraction of sp³-hybridized carbons (Fsp3) is 0.500. The van der Waals surface area contributed by atoms with Gasteiger partial charge in [0.2, 0.25) is 0 Å². The molecule has 0 aromatic heterocycles. The van der Waals surface area contributed by atoms with Gasteiger partial charge in [-0.05, 0) is 30.7 Å². The van der Waals surface area contributed by atoms with Crippen molar-refractivity contribution in [2.75, 3.05) is 32.7 Å². The molecule has 1 aliphatic heterocycles. The van der Waals surface area contributed by atoms with Crippen LogP contribution in [0.1, 0.15) is 18.5 Å². The first-order valence-corrected chi connectivity index (χ1v) is 7.36. The van der Waals surface area contributed by atoms with Crippen LogP contribution in [0.3, 0.4) is 0 Å². The molecule has 1 aromatic carbocycles. The largest absolute Gasteiger partial charge is 0.480 e. The average molecular weight is 317 g/mol. The van der Waals surface area contributed by atoms with Crippen LogP contribution in [0.25, 0.3) is 0 Å². The van der Waals surface area contributed by atoms with Gasteiger partial charge in [-0.25, -0.2) is 0 Å². The van der Waals surface area contributed by atoms with Crippen LogP contribution in [-0.4, -0.2) is 53.6 Å². The van der Waals surface area contributed by atoms with E-state index >= 15 is 0 Å². The molecule has 0 bridgehead atoms. The summed E-state index contributed by atoms with van der Waals surface area (Å²) in [6, 6.07) is 5.67. The highest BCUT2D eigenvalue weighted by Gasteiger charge is 2.24. The van der Waals surface area contributed by atoms with Crippen molar-refractivity contribution in [2.24, 2.45) is 0 Å². The van der Waals surface area contributed by atoms with Crippen molar-refractivity contribution in [3.63, 3.8) is 0 Å². The van der Waals surface area contributed by atoms with Crippen LogP contribution in [0.5, 0.6) is 0 Å². The Bertz CT molecular complexity index is 488. The summed E-state index contributed by atoms with van der Waals surface area (Å²) in [5.41, 5.74) is 1.02. The Kier molecular flexibility index (Phi) is 5.27. The van der Waals surface area contributed by atoms with Crippen molar-refractivity contribution in [3.05, 3.63) is 33.8 Å². The molecule has 2 rings (SSSR count). The van der Waals surface area contributed by atoms with Crippen molar-refractivity contribution in [1.29, 1.82) is 0 Å². The first-order chi connectivity index (χ1) is 9.47. The van der Waals surface area contributed by atoms with E-state index in [1.807, 2.05) is 17.0 Å². The van der Waals surface area contributed by atoms with Crippen LogP contribution in [0.2, 0.25) is 10.0 Å². The lowest BCUT2D eigenvalue weighted by Gasteiger charge is -2.37. The molecule has 20 heavy (non-hydrogen) atoms. The van der Waals surface area contributed by atoms with Gasteiger partial charge in [0, 0.05) is 42.3 Å². The third kappa shape index (κ3) is 3.85. The smallest absolute Gasteiger partial charge is 0.317 e.